The van der Waals surface area contributed by atoms with E-state index in [-0.39, 0.29) is 6.54 Å². The Bertz CT molecular complexity index is 159. The number of amides is 1. The van der Waals surface area contributed by atoms with Crippen LogP contribution in [0.25, 0.3) is 0 Å². The lowest BCUT2D eigenvalue weighted by Crippen LogP contribution is -2.66. The molecule has 1 unspecified atom stereocenters. The largest absolute Gasteiger partial charge is 0.367 e. The van der Waals surface area contributed by atoms with Gasteiger partial charge >= 0.3 is 0 Å². The smallest absolute Gasteiger partial charge is 0.253 e. The molecule has 0 spiro atoms. The first kappa shape index (κ1) is 10.1. The van der Waals surface area contributed by atoms with E-state index in [1.165, 1.54) is 0 Å². The molecule has 0 saturated carbocycles. The van der Waals surface area contributed by atoms with E-state index in [9.17, 15) is 4.79 Å². The number of carbonyl (C=O) groups is 1. The fourth-order valence-electron chi connectivity index (χ4n) is 0.514. The Balaban J connectivity index is 4.09. The highest BCUT2D eigenvalue weighted by atomic mass is 16.2. The Morgan fingerprint density at radius 1 is 1.73 bits per heavy atom. The van der Waals surface area contributed by atoms with Crippen LogP contribution in [0.15, 0.2) is 12.7 Å². The highest BCUT2D eigenvalue weighted by molar-refractivity contribution is 5.84. The van der Waals surface area contributed by atoms with Gasteiger partial charge in [0, 0.05) is 13.1 Å². The third-order valence-electron chi connectivity index (χ3n) is 1.32. The predicted octanol–water partition coefficient (Wildman–Crippen LogP) is -2.14. The molecule has 0 aromatic rings. The molecule has 0 radical (unpaired) electrons. The molecule has 0 aliphatic rings. The second-order valence-electron chi connectivity index (χ2n) is 2.21. The molecule has 11 heavy (non-hydrogen) atoms. The van der Waals surface area contributed by atoms with Gasteiger partial charge in [-0.05, 0) is 0 Å². The quantitative estimate of drug-likeness (QED) is 0.270. The summed E-state index contributed by atoms with van der Waals surface area (Å²) < 4.78 is 0. The lowest BCUT2D eigenvalue weighted by Gasteiger charge is -2.24. The maximum absolute atomic E-state index is 10.7. The third-order valence-corrected chi connectivity index (χ3v) is 1.32. The molecule has 1 atom stereocenters. The van der Waals surface area contributed by atoms with E-state index >= 15 is 0 Å². The topological polar surface area (TPSA) is 107 Å². The molecule has 0 saturated heterocycles. The molecule has 0 rings (SSSR count). The van der Waals surface area contributed by atoms with Gasteiger partial charge in [-0.15, -0.1) is 6.58 Å². The average molecular weight is 158 g/mol. The molecule has 0 aliphatic heterocycles. The summed E-state index contributed by atoms with van der Waals surface area (Å²) in [6.07, 6.45) is 1.57. The number of nitrogens with two attached hydrogens (primary N) is 3. The van der Waals surface area contributed by atoms with E-state index in [0.29, 0.717) is 6.54 Å². The first-order chi connectivity index (χ1) is 5.06. The van der Waals surface area contributed by atoms with E-state index < -0.39 is 11.6 Å². The number of primary amides is 1. The van der Waals surface area contributed by atoms with Gasteiger partial charge in [-0.2, -0.15) is 0 Å². The van der Waals surface area contributed by atoms with Crippen LogP contribution in [0.3, 0.4) is 0 Å². The van der Waals surface area contributed by atoms with Crippen LogP contribution in [0.1, 0.15) is 0 Å². The zero-order valence-electron chi connectivity index (χ0n) is 6.34. The highest BCUT2D eigenvalue weighted by Crippen LogP contribution is 1.89. The molecule has 5 nitrogen and oxygen atoms in total. The SMILES string of the molecule is C=CCNC(N)(CN)C(N)=O. The van der Waals surface area contributed by atoms with E-state index in [1.807, 2.05) is 0 Å². The first-order valence-electron chi connectivity index (χ1n) is 3.21. The Labute approximate surface area is 65.6 Å². The standard InChI is InChI=1S/C6H14N4O/c1-2-3-10-6(9,4-7)5(8)11/h2,10H,1,3-4,7,9H2,(H2,8,11). The van der Waals surface area contributed by atoms with Crippen molar-refractivity contribution in [1.29, 1.82) is 0 Å². The molecule has 0 aliphatic carbocycles. The van der Waals surface area contributed by atoms with E-state index in [2.05, 4.69) is 11.9 Å². The number of hydrogen-bond acceptors (Lipinski definition) is 4. The fraction of sp³-hybridized carbons (Fsp3) is 0.500. The van der Waals surface area contributed by atoms with Crippen molar-refractivity contribution < 1.29 is 4.79 Å². The van der Waals surface area contributed by atoms with Gasteiger partial charge in [0.05, 0.1) is 0 Å². The number of carbonyl (C=O) groups excluding carboxylic acids is 1. The molecule has 0 aromatic heterocycles. The van der Waals surface area contributed by atoms with Crippen molar-refractivity contribution in [3.8, 4) is 0 Å². The van der Waals surface area contributed by atoms with Crippen molar-refractivity contribution in [1.82, 2.24) is 5.32 Å². The number of rotatable bonds is 5. The summed E-state index contributed by atoms with van der Waals surface area (Å²) in [5.41, 5.74) is 14.4. The van der Waals surface area contributed by atoms with Gasteiger partial charge in [-0.1, -0.05) is 6.08 Å². The van der Waals surface area contributed by atoms with Crippen molar-refractivity contribution in [2.24, 2.45) is 17.2 Å². The number of nitrogens with one attached hydrogen (secondary N) is 1. The van der Waals surface area contributed by atoms with Crippen LogP contribution in [0, 0.1) is 0 Å². The van der Waals surface area contributed by atoms with E-state index in [1.54, 1.807) is 6.08 Å². The van der Waals surface area contributed by atoms with Gasteiger partial charge < -0.3 is 17.2 Å². The maximum atomic E-state index is 10.7. The molecule has 0 heterocycles. The monoisotopic (exact) mass is 158 g/mol. The third kappa shape index (κ3) is 2.67. The Morgan fingerprint density at radius 3 is 2.55 bits per heavy atom. The second kappa shape index (κ2) is 4.07. The summed E-state index contributed by atoms with van der Waals surface area (Å²) in [5.74, 6) is -0.665. The van der Waals surface area contributed by atoms with Gasteiger partial charge in [0.15, 0.2) is 5.66 Å². The van der Waals surface area contributed by atoms with Gasteiger partial charge in [0.2, 0.25) is 0 Å². The van der Waals surface area contributed by atoms with Crippen LogP contribution in [0.4, 0.5) is 0 Å². The van der Waals surface area contributed by atoms with Gasteiger partial charge in [-0.25, -0.2) is 0 Å². The minimum atomic E-state index is -1.31. The Kier molecular flexibility index (Phi) is 3.73. The van der Waals surface area contributed by atoms with E-state index in [0.717, 1.165) is 0 Å². The number of hydrogen-bond donors (Lipinski definition) is 4. The zero-order chi connectivity index (χ0) is 8.91. The van der Waals surface area contributed by atoms with Crippen LogP contribution >= 0.6 is 0 Å². The van der Waals surface area contributed by atoms with E-state index in [4.69, 9.17) is 17.2 Å². The molecule has 1 amide bonds. The molecule has 64 valence electrons. The first-order valence-corrected chi connectivity index (χ1v) is 3.21. The highest BCUT2D eigenvalue weighted by Gasteiger charge is 2.28. The molecular weight excluding hydrogens is 144 g/mol. The van der Waals surface area contributed by atoms with Crippen LogP contribution in [-0.2, 0) is 4.79 Å². The normalized spacial score (nSPS) is 15.5. The molecule has 5 heteroatoms. The van der Waals surface area contributed by atoms with Crippen molar-refractivity contribution in [3.63, 3.8) is 0 Å². The molecule has 0 fully saturated rings. The molecule has 7 N–H and O–H groups in total. The van der Waals surface area contributed by atoms with Crippen LogP contribution in [0.2, 0.25) is 0 Å². The lowest BCUT2D eigenvalue weighted by molar-refractivity contribution is -0.123. The van der Waals surface area contributed by atoms with Crippen LogP contribution in [-0.4, -0.2) is 24.7 Å². The Morgan fingerprint density at radius 2 is 2.27 bits per heavy atom. The molecule has 0 bridgehead atoms. The van der Waals surface area contributed by atoms with Gasteiger partial charge in [0.25, 0.3) is 5.91 Å². The maximum Gasteiger partial charge on any atom is 0.253 e. The summed E-state index contributed by atoms with van der Waals surface area (Å²) >= 11 is 0. The van der Waals surface area contributed by atoms with Crippen LogP contribution in [0.5, 0.6) is 0 Å². The van der Waals surface area contributed by atoms with Gasteiger partial charge in [-0.3, -0.25) is 10.1 Å². The Hall–Kier alpha value is -0.910. The fourth-order valence-corrected chi connectivity index (χ4v) is 0.514. The van der Waals surface area contributed by atoms with Crippen LogP contribution < -0.4 is 22.5 Å². The van der Waals surface area contributed by atoms with Crippen molar-refractivity contribution in [2.45, 2.75) is 5.66 Å². The van der Waals surface area contributed by atoms with Crippen molar-refractivity contribution in [2.75, 3.05) is 13.1 Å². The van der Waals surface area contributed by atoms with Crippen molar-refractivity contribution in [3.05, 3.63) is 12.7 Å². The van der Waals surface area contributed by atoms with Gasteiger partial charge in [0.1, 0.15) is 0 Å². The zero-order valence-corrected chi connectivity index (χ0v) is 6.34. The summed E-state index contributed by atoms with van der Waals surface area (Å²) in [6.45, 7) is 3.81. The molecular formula is C6H14N4O. The minimum Gasteiger partial charge on any atom is -0.367 e. The summed E-state index contributed by atoms with van der Waals surface area (Å²) in [4.78, 5) is 10.7. The second-order valence-corrected chi connectivity index (χ2v) is 2.21. The average Bonchev–Trinajstić information content (AvgIpc) is 2.00. The summed E-state index contributed by atoms with van der Waals surface area (Å²) in [6, 6.07) is 0. The lowest BCUT2D eigenvalue weighted by atomic mass is 10.1. The molecule has 0 aromatic carbocycles. The van der Waals surface area contributed by atoms with Crippen molar-refractivity contribution >= 4 is 5.91 Å². The minimum absolute atomic E-state index is 0.0316. The predicted molar refractivity (Wildman–Crippen MR) is 43.4 cm³/mol. The summed E-state index contributed by atoms with van der Waals surface area (Å²) in [5, 5.41) is 2.66. The summed E-state index contributed by atoms with van der Waals surface area (Å²) in [7, 11) is 0.